The molecule has 0 spiro atoms. The molecule has 0 unspecified atom stereocenters. The van der Waals surface area contributed by atoms with Crippen LogP contribution in [-0.4, -0.2) is 71.3 Å². The van der Waals surface area contributed by atoms with Crippen molar-refractivity contribution in [3.8, 4) is 0 Å². The van der Waals surface area contributed by atoms with E-state index in [9.17, 15) is 9.59 Å². The van der Waals surface area contributed by atoms with E-state index < -0.39 is 0 Å². The zero-order chi connectivity index (χ0) is 21.0. The van der Waals surface area contributed by atoms with Crippen LogP contribution in [0.25, 0.3) is 0 Å². The second-order valence-electron chi connectivity index (χ2n) is 6.65. The molecule has 2 aromatic heterocycles. The van der Waals surface area contributed by atoms with Gasteiger partial charge in [-0.3, -0.25) is 14.7 Å². The lowest BCUT2D eigenvalue weighted by atomic mass is 10.3. The van der Waals surface area contributed by atoms with Crippen LogP contribution in [0.15, 0.2) is 12.7 Å². The smallest absolute Gasteiger partial charge is 0.322 e. The first-order chi connectivity index (χ1) is 13.2. The number of urea groups is 2. The summed E-state index contributed by atoms with van der Waals surface area (Å²) >= 11 is 0. The number of aryl methyl sites for hydroxylation is 2. The van der Waals surface area contributed by atoms with E-state index >= 15 is 0 Å². The van der Waals surface area contributed by atoms with Gasteiger partial charge in [-0.15, -0.1) is 0 Å². The number of amides is 4. The van der Waals surface area contributed by atoms with Gasteiger partial charge in [-0.25, -0.2) is 19.6 Å². The average Bonchev–Trinajstić information content (AvgIpc) is 3.22. The summed E-state index contributed by atoms with van der Waals surface area (Å²) in [4.78, 5) is 37.7. The number of hydrogen-bond acceptors (Lipinski definition) is 5. The van der Waals surface area contributed by atoms with E-state index in [1.165, 1.54) is 9.80 Å². The van der Waals surface area contributed by atoms with Crippen molar-refractivity contribution < 1.29 is 9.59 Å². The quantitative estimate of drug-likeness (QED) is 0.739. The second kappa shape index (κ2) is 8.74. The second-order valence-corrected chi connectivity index (χ2v) is 6.65. The van der Waals surface area contributed by atoms with Gasteiger partial charge in [0.15, 0.2) is 11.6 Å². The summed E-state index contributed by atoms with van der Waals surface area (Å²) < 4.78 is 3.79. The summed E-state index contributed by atoms with van der Waals surface area (Å²) in [5.41, 5.74) is 1.80. The molecule has 4 amide bonds. The Balaban J connectivity index is 2.22. The maximum atomic E-state index is 12.0. The first-order valence-corrected chi connectivity index (χ1v) is 8.81. The average molecular weight is 391 g/mol. The first-order valence-electron chi connectivity index (χ1n) is 8.81. The van der Waals surface area contributed by atoms with E-state index in [1.807, 2.05) is 30.3 Å². The Hall–Kier alpha value is -3.08. The van der Waals surface area contributed by atoms with E-state index in [0.29, 0.717) is 24.7 Å². The van der Waals surface area contributed by atoms with Crippen LogP contribution in [0.1, 0.15) is 11.4 Å². The van der Waals surface area contributed by atoms with Crippen molar-refractivity contribution in [1.82, 2.24) is 34.6 Å². The van der Waals surface area contributed by atoms with Crippen molar-refractivity contribution in [3.05, 3.63) is 24.0 Å². The van der Waals surface area contributed by atoms with Crippen LogP contribution in [0.5, 0.6) is 0 Å². The van der Waals surface area contributed by atoms with E-state index in [1.54, 1.807) is 40.8 Å². The molecule has 154 valence electrons. The van der Waals surface area contributed by atoms with E-state index in [2.05, 4.69) is 25.5 Å². The van der Waals surface area contributed by atoms with Gasteiger partial charge in [0.05, 0.1) is 24.0 Å². The molecule has 2 heterocycles. The number of carbonyl (C=O) groups is 2. The van der Waals surface area contributed by atoms with Gasteiger partial charge in [-0.05, 0) is 7.05 Å². The molecule has 11 heteroatoms. The van der Waals surface area contributed by atoms with Crippen molar-refractivity contribution in [1.29, 1.82) is 0 Å². The number of aromatic nitrogens is 4. The molecule has 0 atom stereocenters. The fourth-order valence-corrected chi connectivity index (χ4v) is 2.91. The third-order valence-corrected chi connectivity index (χ3v) is 4.59. The van der Waals surface area contributed by atoms with Crippen molar-refractivity contribution in [2.75, 3.05) is 45.0 Å². The predicted molar refractivity (Wildman–Crippen MR) is 107 cm³/mol. The largest absolute Gasteiger partial charge is 0.341 e. The first kappa shape index (κ1) is 21.2. The molecular weight excluding hydrogens is 362 g/mol. The molecule has 0 aliphatic carbocycles. The van der Waals surface area contributed by atoms with Gasteiger partial charge in [-0.2, -0.15) is 0 Å². The van der Waals surface area contributed by atoms with Crippen LogP contribution in [-0.2, 0) is 27.2 Å². The Kier molecular flexibility index (Phi) is 6.62. The molecule has 11 nitrogen and oxygen atoms in total. The minimum Gasteiger partial charge on any atom is -0.341 e. The minimum absolute atomic E-state index is 0.233. The highest BCUT2D eigenvalue weighted by molar-refractivity contribution is 5.91. The monoisotopic (exact) mass is 391 g/mol. The molecule has 0 aromatic carbocycles. The van der Waals surface area contributed by atoms with Crippen LogP contribution in [0.4, 0.5) is 21.2 Å². The van der Waals surface area contributed by atoms with Crippen molar-refractivity contribution in [3.63, 3.8) is 0 Å². The Morgan fingerprint density at radius 1 is 0.857 bits per heavy atom. The molecule has 28 heavy (non-hydrogen) atoms. The highest BCUT2D eigenvalue weighted by Gasteiger charge is 2.22. The molecule has 0 aliphatic rings. The lowest BCUT2D eigenvalue weighted by Gasteiger charge is -2.22. The molecule has 0 fully saturated rings. The zero-order valence-electron chi connectivity index (χ0n) is 17.5. The van der Waals surface area contributed by atoms with Gasteiger partial charge in [0.25, 0.3) is 0 Å². The van der Waals surface area contributed by atoms with Gasteiger partial charge in [0.2, 0.25) is 0 Å². The summed E-state index contributed by atoms with van der Waals surface area (Å²) in [6.45, 7) is 1.11. The van der Waals surface area contributed by atoms with Crippen LogP contribution in [0.2, 0.25) is 0 Å². The molecule has 2 rings (SSSR count). The highest BCUT2D eigenvalue weighted by atomic mass is 16.2. The van der Waals surface area contributed by atoms with Gasteiger partial charge in [0, 0.05) is 55.4 Å². The standard InChI is InChI=1S/C17H29N9O2/c1-18-16(27)25(6)14-12(23(4)10-20-14)8-22(3)9-13-15(21-11-24(13)5)26(7)17(28)19-2/h10-11H,8-9H2,1-7H3,(H,18,27)(H,19,28). The molecule has 0 radical (unpaired) electrons. The van der Waals surface area contributed by atoms with Gasteiger partial charge in [0.1, 0.15) is 0 Å². The predicted octanol–water partition coefficient (Wildman–Crippen LogP) is 0.337. The number of hydrogen-bond donors (Lipinski definition) is 2. The lowest BCUT2D eigenvalue weighted by molar-refractivity contribution is 0.248. The van der Waals surface area contributed by atoms with E-state index in [-0.39, 0.29) is 12.1 Å². The Morgan fingerprint density at radius 3 is 1.54 bits per heavy atom. The number of anilines is 2. The summed E-state index contributed by atoms with van der Waals surface area (Å²) in [6.07, 6.45) is 3.37. The van der Waals surface area contributed by atoms with Gasteiger partial charge >= 0.3 is 12.1 Å². The number of imidazole rings is 2. The Labute approximate surface area is 164 Å². The van der Waals surface area contributed by atoms with Crippen molar-refractivity contribution in [2.24, 2.45) is 14.1 Å². The van der Waals surface area contributed by atoms with E-state index in [0.717, 1.165) is 11.4 Å². The van der Waals surface area contributed by atoms with Crippen LogP contribution < -0.4 is 20.4 Å². The minimum atomic E-state index is -0.233. The number of nitrogens with zero attached hydrogens (tertiary/aromatic N) is 7. The molecule has 0 saturated heterocycles. The molecule has 2 aromatic rings. The number of carbonyl (C=O) groups excluding carboxylic acids is 2. The van der Waals surface area contributed by atoms with Crippen LogP contribution in [0, 0.1) is 0 Å². The fourth-order valence-electron chi connectivity index (χ4n) is 2.91. The van der Waals surface area contributed by atoms with Crippen molar-refractivity contribution >= 4 is 23.7 Å². The maximum absolute atomic E-state index is 12.0. The van der Waals surface area contributed by atoms with E-state index in [4.69, 9.17) is 0 Å². The Morgan fingerprint density at radius 2 is 1.21 bits per heavy atom. The zero-order valence-corrected chi connectivity index (χ0v) is 17.5. The van der Waals surface area contributed by atoms with Crippen LogP contribution >= 0.6 is 0 Å². The van der Waals surface area contributed by atoms with Gasteiger partial charge < -0.3 is 19.8 Å². The summed E-state index contributed by atoms with van der Waals surface area (Å²) in [5.74, 6) is 1.20. The maximum Gasteiger partial charge on any atom is 0.322 e. The number of rotatable bonds is 6. The summed E-state index contributed by atoms with van der Waals surface area (Å²) in [6, 6.07) is -0.465. The third kappa shape index (κ3) is 4.25. The third-order valence-electron chi connectivity index (χ3n) is 4.59. The molecule has 0 aliphatic heterocycles. The summed E-state index contributed by atoms with van der Waals surface area (Å²) in [5, 5.41) is 5.20. The SMILES string of the molecule is CNC(=O)N(C)c1ncn(C)c1CN(C)Cc1c(N(C)C(=O)NC)ncn1C. The number of nitrogens with one attached hydrogen (secondary N) is 2. The highest BCUT2D eigenvalue weighted by Crippen LogP contribution is 2.22. The molecule has 2 N–H and O–H groups in total. The molecule has 0 bridgehead atoms. The van der Waals surface area contributed by atoms with Gasteiger partial charge in [-0.1, -0.05) is 0 Å². The molecular formula is C17H29N9O2. The lowest BCUT2D eigenvalue weighted by Crippen LogP contribution is -2.36. The summed E-state index contributed by atoms with van der Waals surface area (Å²) in [7, 11) is 12.3. The van der Waals surface area contributed by atoms with Crippen LogP contribution in [0.3, 0.4) is 0 Å². The normalized spacial score (nSPS) is 10.9. The molecule has 0 saturated carbocycles. The topological polar surface area (TPSA) is 104 Å². The fraction of sp³-hybridized carbons (Fsp3) is 0.529. The van der Waals surface area contributed by atoms with Crippen molar-refractivity contribution in [2.45, 2.75) is 13.1 Å². The Bertz CT molecular complexity index is 774.